The van der Waals surface area contributed by atoms with Crippen molar-refractivity contribution in [2.75, 3.05) is 39.3 Å². The minimum atomic E-state index is -0.489. The first-order valence-corrected chi connectivity index (χ1v) is 10.8. The van der Waals surface area contributed by atoms with Crippen LogP contribution < -0.4 is 0 Å². The number of carbonyl (C=O) groups is 1. The van der Waals surface area contributed by atoms with Crippen molar-refractivity contribution in [2.24, 2.45) is 0 Å². The number of ether oxygens (including phenoxy) is 1. The molecule has 0 aliphatic carbocycles. The molecular weight excluding hydrogens is 362 g/mol. The van der Waals surface area contributed by atoms with Gasteiger partial charge in [-0.1, -0.05) is 36.4 Å². The Bertz CT molecular complexity index is 790. The molecule has 2 atom stereocenters. The molecule has 2 aliphatic rings. The average molecular weight is 394 g/mol. The monoisotopic (exact) mass is 393 g/mol. The molecule has 0 N–H and O–H groups in total. The van der Waals surface area contributed by atoms with Gasteiger partial charge in [0.1, 0.15) is 5.69 Å². The van der Waals surface area contributed by atoms with Crippen molar-refractivity contribution >= 4 is 5.78 Å². The first kappa shape index (κ1) is 20.2. The van der Waals surface area contributed by atoms with Crippen LogP contribution in [0.4, 0.5) is 0 Å². The number of carbonyl (C=O) groups excluding carboxylic acids is 1. The third-order valence-corrected chi connectivity index (χ3v) is 6.40. The fraction of sp³-hybridized carbons (Fsp3) is 0.500. The summed E-state index contributed by atoms with van der Waals surface area (Å²) in [5.74, 6) is 0.158. The van der Waals surface area contributed by atoms with Gasteiger partial charge in [-0.2, -0.15) is 0 Å². The average Bonchev–Trinajstić information content (AvgIpc) is 2.79. The van der Waals surface area contributed by atoms with Crippen LogP contribution in [-0.4, -0.2) is 71.5 Å². The van der Waals surface area contributed by atoms with Gasteiger partial charge < -0.3 is 9.64 Å². The molecule has 4 rings (SSSR count). The third kappa shape index (κ3) is 4.58. The van der Waals surface area contributed by atoms with E-state index >= 15 is 0 Å². The van der Waals surface area contributed by atoms with Crippen LogP contribution in [0.3, 0.4) is 0 Å². The predicted octanol–water partition coefficient (Wildman–Crippen LogP) is 3.06. The zero-order chi connectivity index (χ0) is 20.1. The van der Waals surface area contributed by atoms with E-state index in [4.69, 9.17) is 4.74 Å². The molecule has 0 spiro atoms. The number of rotatable bonds is 6. The van der Waals surface area contributed by atoms with E-state index in [1.54, 1.807) is 6.20 Å². The second-order valence-corrected chi connectivity index (χ2v) is 8.28. The Morgan fingerprint density at radius 1 is 1.10 bits per heavy atom. The molecule has 1 aromatic heterocycles. The van der Waals surface area contributed by atoms with Gasteiger partial charge in [0.05, 0.1) is 11.6 Å². The molecule has 3 heterocycles. The molecule has 1 aromatic carbocycles. The van der Waals surface area contributed by atoms with E-state index in [-0.39, 0.29) is 11.9 Å². The van der Waals surface area contributed by atoms with Gasteiger partial charge in [-0.3, -0.25) is 14.7 Å². The van der Waals surface area contributed by atoms with E-state index in [1.807, 2.05) is 18.2 Å². The van der Waals surface area contributed by atoms with E-state index < -0.39 is 5.54 Å². The highest BCUT2D eigenvalue weighted by atomic mass is 16.5. The van der Waals surface area contributed by atoms with Crippen molar-refractivity contribution in [1.29, 1.82) is 0 Å². The summed E-state index contributed by atoms with van der Waals surface area (Å²) in [6.45, 7) is 7.61. The van der Waals surface area contributed by atoms with Gasteiger partial charge >= 0.3 is 0 Å². The number of nitrogens with zero attached hydrogens (tertiary/aromatic N) is 3. The van der Waals surface area contributed by atoms with Gasteiger partial charge in [-0.25, -0.2) is 0 Å². The molecule has 5 heteroatoms. The van der Waals surface area contributed by atoms with Gasteiger partial charge in [-0.05, 0) is 43.9 Å². The van der Waals surface area contributed by atoms with E-state index in [0.29, 0.717) is 12.3 Å². The second-order valence-electron chi connectivity index (χ2n) is 8.28. The lowest BCUT2D eigenvalue weighted by atomic mass is 9.79. The molecule has 0 radical (unpaired) electrons. The Hall–Kier alpha value is -2.08. The van der Waals surface area contributed by atoms with Crippen molar-refractivity contribution in [1.82, 2.24) is 14.8 Å². The standard InChI is InChI=1S/C24H31N3O2/c1-20-19-24(11-18-29-20,23(28)22-9-5-6-12-25-22)27-16-14-26(15-17-27)13-10-21-7-3-2-4-8-21/h2-9,12,20H,10-11,13-19H2,1H3. The summed E-state index contributed by atoms with van der Waals surface area (Å²) in [7, 11) is 0. The van der Waals surface area contributed by atoms with Gasteiger partial charge in [0.15, 0.2) is 0 Å². The van der Waals surface area contributed by atoms with Crippen LogP contribution in [0.2, 0.25) is 0 Å². The molecule has 0 saturated carbocycles. The number of pyridine rings is 1. The van der Waals surface area contributed by atoms with Gasteiger partial charge in [-0.15, -0.1) is 0 Å². The van der Waals surface area contributed by atoms with E-state index in [2.05, 4.69) is 52.0 Å². The number of benzene rings is 1. The summed E-state index contributed by atoms with van der Waals surface area (Å²) >= 11 is 0. The summed E-state index contributed by atoms with van der Waals surface area (Å²) in [4.78, 5) is 22.9. The van der Waals surface area contributed by atoms with Crippen LogP contribution >= 0.6 is 0 Å². The number of hydrogen-bond acceptors (Lipinski definition) is 5. The van der Waals surface area contributed by atoms with Crippen molar-refractivity contribution in [2.45, 2.75) is 37.8 Å². The quantitative estimate of drug-likeness (QED) is 0.706. The molecule has 2 aliphatic heterocycles. The molecule has 0 bridgehead atoms. The Balaban J connectivity index is 1.43. The molecule has 29 heavy (non-hydrogen) atoms. The van der Waals surface area contributed by atoms with Crippen molar-refractivity contribution < 1.29 is 9.53 Å². The lowest BCUT2D eigenvalue weighted by Crippen LogP contribution is -2.63. The maximum Gasteiger partial charge on any atom is 0.201 e. The molecule has 0 amide bonds. The van der Waals surface area contributed by atoms with Crippen molar-refractivity contribution in [3.8, 4) is 0 Å². The first-order chi connectivity index (χ1) is 14.2. The van der Waals surface area contributed by atoms with Crippen LogP contribution in [-0.2, 0) is 11.2 Å². The highest BCUT2D eigenvalue weighted by Crippen LogP contribution is 2.35. The highest BCUT2D eigenvalue weighted by Gasteiger charge is 2.48. The number of ketones is 1. The number of aromatic nitrogens is 1. The summed E-state index contributed by atoms with van der Waals surface area (Å²) in [5.41, 5.74) is 1.47. The third-order valence-electron chi connectivity index (χ3n) is 6.40. The van der Waals surface area contributed by atoms with Crippen molar-refractivity contribution in [3.63, 3.8) is 0 Å². The zero-order valence-corrected chi connectivity index (χ0v) is 17.3. The molecule has 5 nitrogen and oxygen atoms in total. The normalized spacial score (nSPS) is 26.3. The summed E-state index contributed by atoms with van der Waals surface area (Å²) in [6, 6.07) is 16.3. The van der Waals surface area contributed by atoms with E-state index in [1.165, 1.54) is 5.56 Å². The van der Waals surface area contributed by atoms with Crippen LogP contribution in [0.15, 0.2) is 54.7 Å². The Morgan fingerprint density at radius 2 is 1.86 bits per heavy atom. The Kier molecular flexibility index (Phi) is 6.38. The Labute approximate surface area is 173 Å². The minimum Gasteiger partial charge on any atom is -0.378 e. The van der Waals surface area contributed by atoms with Gasteiger partial charge in [0.2, 0.25) is 5.78 Å². The van der Waals surface area contributed by atoms with Gasteiger partial charge in [0.25, 0.3) is 0 Å². The van der Waals surface area contributed by atoms with Crippen LogP contribution in [0, 0.1) is 0 Å². The molecular formula is C24H31N3O2. The SMILES string of the molecule is CC1CC(C(=O)c2ccccn2)(N2CCN(CCc3ccccc3)CC2)CCO1. The second kappa shape index (κ2) is 9.16. The highest BCUT2D eigenvalue weighted by molar-refractivity contribution is 6.01. The first-order valence-electron chi connectivity index (χ1n) is 10.8. The lowest BCUT2D eigenvalue weighted by molar-refractivity contribution is -0.0641. The maximum atomic E-state index is 13.6. The van der Waals surface area contributed by atoms with Crippen LogP contribution in [0.25, 0.3) is 0 Å². The smallest absolute Gasteiger partial charge is 0.201 e. The van der Waals surface area contributed by atoms with Gasteiger partial charge in [0, 0.05) is 45.5 Å². The van der Waals surface area contributed by atoms with Crippen LogP contribution in [0.1, 0.15) is 35.8 Å². The molecule has 2 unspecified atom stereocenters. The maximum absolute atomic E-state index is 13.6. The Morgan fingerprint density at radius 3 is 2.55 bits per heavy atom. The lowest BCUT2D eigenvalue weighted by Gasteiger charge is -2.49. The minimum absolute atomic E-state index is 0.0903. The molecule has 2 saturated heterocycles. The number of Topliss-reactive ketones (excluding diaryl/α,β-unsaturated/α-hetero) is 1. The largest absolute Gasteiger partial charge is 0.378 e. The number of piperazine rings is 1. The molecule has 154 valence electrons. The topological polar surface area (TPSA) is 45.7 Å². The van der Waals surface area contributed by atoms with Crippen LogP contribution in [0.5, 0.6) is 0 Å². The summed E-state index contributed by atoms with van der Waals surface area (Å²) < 4.78 is 5.81. The zero-order valence-electron chi connectivity index (χ0n) is 17.3. The summed E-state index contributed by atoms with van der Waals surface area (Å²) in [6.07, 6.45) is 4.37. The van der Waals surface area contributed by atoms with Crippen molar-refractivity contribution in [3.05, 3.63) is 66.0 Å². The summed E-state index contributed by atoms with van der Waals surface area (Å²) in [5, 5.41) is 0. The predicted molar refractivity (Wildman–Crippen MR) is 114 cm³/mol. The fourth-order valence-electron chi connectivity index (χ4n) is 4.77. The molecule has 2 fully saturated rings. The molecule has 2 aromatic rings. The number of hydrogen-bond donors (Lipinski definition) is 0. The van der Waals surface area contributed by atoms with E-state index in [0.717, 1.165) is 52.0 Å². The fourth-order valence-corrected chi connectivity index (χ4v) is 4.77. The van der Waals surface area contributed by atoms with E-state index in [9.17, 15) is 4.79 Å².